The van der Waals surface area contributed by atoms with Crippen LogP contribution in [0.5, 0.6) is 0 Å². The molecular weight excluding hydrogens is 136 g/mol. The van der Waals surface area contributed by atoms with Gasteiger partial charge in [0.15, 0.2) is 0 Å². The molecule has 1 aliphatic carbocycles. The number of ketones is 1. The molecule has 0 N–H and O–H groups in total. The highest BCUT2D eigenvalue weighted by Gasteiger charge is 2.46. The number of hydrogen-bond donors (Lipinski definition) is 0. The summed E-state index contributed by atoms with van der Waals surface area (Å²) in [7, 11) is 0. The van der Waals surface area contributed by atoms with Crippen molar-refractivity contribution >= 4 is 5.78 Å². The molecule has 0 aromatic heterocycles. The molecule has 2 unspecified atom stereocenters. The zero-order valence-electron chi connectivity index (χ0n) is 7.60. The number of carbonyl (C=O) groups excluding carboxylic acids is 1. The number of unbranched alkanes of at least 4 members (excludes halogenated alkanes) is 2. The molecule has 2 atom stereocenters. The fourth-order valence-electron chi connectivity index (χ4n) is 1.79. The van der Waals surface area contributed by atoms with E-state index in [4.69, 9.17) is 0 Å². The Kier molecular flexibility index (Phi) is 3.10. The molecule has 0 aromatic rings. The quantitative estimate of drug-likeness (QED) is 0.556. The van der Waals surface area contributed by atoms with Gasteiger partial charge in [0.25, 0.3) is 0 Å². The minimum atomic E-state index is 0.451. The van der Waals surface area contributed by atoms with Crippen LogP contribution >= 0.6 is 0 Å². The van der Waals surface area contributed by atoms with Crippen LogP contribution in [0.1, 0.15) is 46.0 Å². The van der Waals surface area contributed by atoms with E-state index in [1.54, 1.807) is 0 Å². The lowest BCUT2D eigenvalue weighted by Gasteiger charge is -1.94. The van der Waals surface area contributed by atoms with Gasteiger partial charge < -0.3 is 0 Å². The van der Waals surface area contributed by atoms with E-state index in [1.165, 1.54) is 19.3 Å². The Hall–Kier alpha value is -0.330. The molecule has 1 saturated carbocycles. The standard InChI is InChI=1S/C10H18O/c1-3-5-6-7-9-8(4-2)10(9)11/h8-9H,3-7H2,1-2H3. The first-order chi connectivity index (χ1) is 5.31. The van der Waals surface area contributed by atoms with Crippen LogP contribution in [0.3, 0.4) is 0 Å². The average molecular weight is 154 g/mol. The molecular formula is C10H18O. The predicted octanol–water partition coefficient (Wildman–Crippen LogP) is 2.79. The molecule has 0 heterocycles. The van der Waals surface area contributed by atoms with E-state index in [0.29, 0.717) is 17.6 Å². The highest BCUT2D eigenvalue weighted by molar-refractivity contribution is 5.99. The van der Waals surface area contributed by atoms with Crippen molar-refractivity contribution in [2.45, 2.75) is 46.0 Å². The van der Waals surface area contributed by atoms with Gasteiger partial charge in [0.1, 0.15) is 5.78 Å². The molecule has 64 valence electrons. The minimum Gasteiger partial charge on any atom is -0.299 e. The van der Waals surface area contributed by atoms with Crippen molar-refractivity contribution in [1.82, 2.24) is 0 Å². The van der Waals surface area contributed by atoms with Crippen LogP contribution in [0.4, 0.5) is 0 Å². The van der Waals surface area contributed by atoms with Gasteiger partial charge in [-0.2, -0.15) is 0 Å². The van der Waals surface area contributed by atoms with E-state index >= 15 is 0 Å². The molecule has 1 heteroatoms. The Morgan fingerprint density at radius 3 is 2.36 bits per heavy atom. The second-order valence-corrected chi connectivity index (χ2v) is 3.52. The Labute approximate surface area is 69.2 Å². The number of carbonyl (C=O) groups is 1. The van der Waals surface area contributed by atoms with Crippen LogP contribution < -0.4 is 0 Å². The van der Waals surface area contributed by atoms with Crippen LogP contribution in [0.15, 0.2) is 0 Å². The Morgan fingerprint density at radius 1 is 1.18 bits per heavy atom. The number of rotatable bonds is 5. The van der Waals surface area contributed by atoms with Crippen LogP contribution in [0.2, 0.25) is 0 Å². The fraction of sp³-hybridized carbons (Fsp3) is 0.900. The summed E-state index contributed by atoms with van der Waals surface area (Å²) in [5, 5.41) is 0. The topological polar surface area (TPSA) is 17.1 Å². The molecule has 1 rings (SSSR count). The van der Waals surface area contributed by atoms with E-state index in [9.17, 15) is 4.79 Å². The molecule has 1 nitrogen and oxygen atoms in total. The lowest BCUT2D eigenvalue weighted by atomic mass is 10.1. The lowest BCUT2D eigenvalue weighted by Crippen LogP contribution is -1.82. The number of hydrogen-bond acceptors (Lipinski definition) is 1. The van der Waals surface area contributed by atoms with Gasteiger partial charge >= 0.3 is 0 Å². The molecule has 0 saturated heterocycles. The molecule has 0 amide bonds. The van der Waals surface area contributed by atoms with Gasteiger partial charge in [-0.15, -0.1) is 0 Å². The molecule has 0 aliphatic heterocycles. The first kappa shape index (κ1) is 8.76. The summed E-state index contributed by atoms with van der Waals surface area (Å²) in [5.74, 6) is 1.45. The van der Waals surface area contributed by atoms with Crippen molar-refractivity contribution in [2.24, 2.45) is 11.8 Å². The van der Waals surface area contributed by atoms with E-state index in [-0.39, 0.29) is 0 Å². The third-order valence-corrected chi connectivity index (χ3v) is 2.67. The van der Waals surface area contributed by atoms with Gasteiger partial charge in [0.2, 0.25) is 0 Å². The van der Waals surface area contributed by atoms with Gasteiger partial charge in [-0.05, 0) is 12.8 Å². The summed E-state index contributed by atoms with van der Waals surface area (Å²) >= 11 is 0. The normalized spacial score (nSPS) is 29.1. The smallest absolute Gasteiger partial charge is 0.140 e. The summed E-state index contributed by atoms with van der Waals surface area (Å²) in [4.78, 5) is 11.0. The van der Waals surface area contributed by atoms with E-state index < -0.39 is 0 Å². The largest absolute Gasteiger partial charge is 0.299 e. The predicted molar refractivity (Wildman–Crippen MR) is 46.4 cm³/mol. The van der Waals surface area contributed by atoms with Crippen molar-refractivity contribution in [3.8, 4) is 0 Å². The van der Waals surface area contributed by atoms with E-state index in [1.807, 2.05) is 0 Å². The zero-order chi connectivity index (χ0) is 8.27. The van der Waals surface area contributed by atoms with Crippen LogP contribution in [-0.4, -0.2) is 5.78 Å². The lowest BCUT2D eigenvalue weighted by molar-refractivity contribution is -0.112. The SMILES string of the molecule is CCCCCC1C(=O)C1CC. The van der Waals surface area contributed by atoms with Crippen molar-refractivity contribution in [3.63, 3.8) is 0 Å². The fourth-order valence-corrected chi connectivity index (χ4v) is 1.79. The van der Waals surface area contributed by atoms with Gasteiger partial charge in [-0.3, -0.25) is 4.79 Å². The minimum absolute atomic E-state index is 0.451. The third-order valence-electron chi connectivity index (χ3n) is 2.67. The third kappa shape index (κ3) is 2.05. The maximum atomic E-state index is 11.0. The first-order valence-electron chi connectivity index (χ1n) is 4.85. The maximum absolute atomic E-state index is 11.0. The van der Waals surface area contributed by atoms with E-state index in [2.05, 4.69) is 13.8 Å². The molecule has 0 bridgehead atoms. The maximum Gasteiger partial charge on any atom is 0.140 e. The van der Waals surface area contributed by atoms with Gasteiger partial charge in [0.05, 0.1) is 0 Å². The molecule has 0 aromatic carbocycles. The molecule has 0 spiro atoms. The number of Topliss-reactive ketones (excluding diaryl/α,β-unsaturated/α-hetero) is 1. The Bertz CT molecular complexity index is 140. The van der Waals surface area contributed by atoms with Gasteiger partial charge in [-0.1, -0.05) is 33.1 Å². The van der Waals surface area contributed by atoms with E-state index in [0.717, 1.165) is 12.8 Å². The zero-order valence-corrected chi connectivity index (χ0v) is 7.60. The summed E-state index contributed by atoms with van der Waals surface area (Å²) in [5.41, 5.74) is 0. The highest BCUT2D eigenvalue weighted by atomic mass is 16.1. The Balaban J connectivity index is 2.06. The first-order valence-corrected chi connectivity index (χ1v) is 4.85. The molecule has 1 fully saturated rings. The molecule has 1 aliphatic rings. The summed E-state index contributed by atoms with van der Waals surface area (Å²) < 4.78 is 0. The van der Waals surface area contributed by atoms with Crippen LogP contribution in [-0.2, 0) is 4.79 Å². The molecule has 0 radical (unpaired) electrons. The Morgan fingerprint density at radius 2 is 1.91 bits per heavy atom. The van der Waals surface area contributed by atoms with Crippen LogP contribution in [0, 0.1) is 11.8 Å². The van der Waals surface area contributed by atoms with Gasteiger partial charge in [0, 0.05) is 11.8 Å². The van der Waals surface area contributed by atoms with Gasteiger partial charge in [-0.25, -0.2) is 0 Å². The van der Waals surface area contributed by atoms with Crippen LogP contribution in [0.25, 0.3) is 0 Å². The summed E-state index contributed by atoms with van der Waals surface area (Å²) in [6.45, 7) is 4.31. The second-order valence-electron chi connectivity index (χ2n) is 3.52. The monoisotopic (exact) mass is 154 g/mol. The van der Waals surface area contributed by atoms with Crippen molar-refractivity contribution < 1.29 is 4.79 Å². The van der Waals surface area contributed by atoms with Crippen molar-refractivity contribution in [1.29, 1.82) is 0 Å². The summed E-state index contributed by atoms with van der Waals surface area (Å²) in [6.07, 6.45) is 6.03. The second kappa shape index (κ2) is 3.89. The molecule has 11 heavy (non-hydrogen) atoms. The van der Waals surface area contributed by atoms with Crippen molar-refractivity contribution in [2.75, 3.05) is 0 Å². The summed E-state index contributed by atoms with van der Waals surface area (Å²) in [6, 6.07) is 0. The average Bonchev–Trinajstić information content (AvgIpc) is 2.62. The van der Waals surface area contributed by atoms with Crippen molar-refractivity contribution in [3.05, 3.63) is 0 Å². The highest BCUT2D eigenvalue weighted by Crippen LogP contribution is 2.39.